The van der Waals surface area contributed by atoms with Gasteiger partial charge in [0.15, 0.2) is 5.78 Å². The second-order valence-corrected chi connectivity index (χ2v) is 3.98. The van der Waals surface area contributed by atoms with E-state index in [0.717, 1.165) is 22.4 Å². The number of ether oxygens (including phenoxy) is 1. The highest BCUT2D eigenvalue weighted by atomic mass is 32.1. The predicted molar refractivity (Wildman–Crippen MR) is 65.3 cm³/mol. The van der Waals surface area contributed by atoms with Crippen LogP contribution in [0.3, 0.4) is 0 Å². The number of carbonyl (C=O) groups excluding carboxylic acids is 1. The van der Waals surface area contributed by atoms with Gasteiger partial charge in [-0.15, -0.1) is 0 Å². The van der Waals surface area contributed by atoms with Crippen molar-refractivity contribution >= 4 is 18.4 Å². The maximum Gasteiger partial charge on any atom is 0.163 e. The third-order valence-electron chi connectivity index (χ3n) is 2.38. The molecular formula is C12H16O2S. The fourth-order valence-corrected chi connectivity index (χ4v) is 1.75. The van der Waals surface area contributed by atoms with Gasteiger partial charge in [-0.2, -0.15) is 12.6 Å². The summed E-state index contributed by atoms with van der Waals surface area (Å²) in [6.07, 6.45) is 0.482. The minimum absolute atomic E-state index is 0.147. The first kappa shape index (κ1) is 12.1. The van der Waals surface area contributed by atoms with Crippen LogP contribution in [-0.4, -0.2) is 18.6 Å². The average Bonchev–Trinajstić information content (AvgIpc) is 2.21. The zero-order valence-corrected chi connectivity index (χ0v) is 10.2. The molecule has 3 heteroatoms. The Morgan fingerprint density at radius 2 is 2.00 bits per heavy atom. The Morgan fingerprint density at radius 3 is 2.53 bits per heavy atom. The van der Waals surface area contributed by atoms with E-state index in [0.29, 0.717) is 12.2 Å². The highest BCUT2D eigenvalue weighted by Gasteiger charge is 2.11. The molecule has 0 amide bonds. The van der Waals surface area contributed by atoms with Crippen molar-refractivity contribution in [2.75, 3.05) is 12.9 Å². The van der Waals surface area contributed by atoms with Crippen LogP contribution >= 0.6 is 12.6 Å². The molecule has 0 saturated heterocycles. The van der Waals surface area contributed by atoms with Crippen LogP contribution in [0.5, 0.6) is 5.75 Å². The van der Waals surface area contributed by atoms with E-state index in [4.69, 9.17) is 4.74 Å². The molecule has 0 N–H and O–H groups in total. The predicted octanol–water partition coefficient (Wildman–Crippen LogP) is 2.81. The fraction of sp³-hybridized carbons (Fsp3) is 0.417. The van der Waals surface area contributed by atoms with E-state index in [1.807, 2.05) is 26.0 Å². The third kappa shape index (κ3) is 2.75. The van der Waals surface area contributed by atoms with Gasteiger partial charge in [-0.05, 0) is 42.9 Å². The number of Topliss-reactive ketones (excluding diaryl/α,β-unsaturated/α-hetero) is 1. The standard InChI is InChI=1S/C12H16O2S/c1-8-7-12(14-3)9(2)6-10(8)11(13)4-5-15/h6-7,15H,4-5H2,1-3H3. The second kappa shape index (κ2) is 5.21. The summed E-state index contributed by atoms with van der Waals surface area (Å²) in [5.41, 5.74) is 2.73. The Labute approximate surface area is 96.1 Å². The molecule has 1 aromatic carbocycles. The first-order chi connectivity index (χ1) is 7.10. The van der Waals surface area contributed by atoms with E-state index >= 15 is 0 Å². The highest BCUT2D eigenvalue weighted by molar-refractivity contribution is 7.80. The summed E-state index contributed by atoms with van der Waals surface area (Å²) < 4.78 is 5.19. The number of ketones is 1. The summed E-state index contributed by atoms with van der Waals surface area (Å²) in [5.74, 6) is 1.56. The van der Waals surface area contributed by atoms with Gasteiger partial charge < -0.3 is 4.74 Å². The Kier molecular flexibility index (Phi) is 4.21. The van der Waals surface area contributed by atoms with Crippen molar-refractivity contribution in [1.29, 1.82) is 0 Å². The molecule has 0 spiro atoms. The Bertz CT molecular complexity index is 372. The molecule has 1 aromatic rings. The Balaban J connectivity index is 3.10. The quantitative estimate of drug-likeness (QED) is 0.628. The van der Waals surface area contributed by atoms with Crippen LogP contribution in [0.2, 0.25) is 0 Å². The number of benzene rings is 1. The van der Waals surface area contributed by atoms with Gasteiger partial charge in [0.25, 0.3) is 0 Å². The molecule has 0 aliphatic carbocycles. The highest BCUT2D eigenvalue weighted by Crippen LogP contribution is 2.23. The fourth-order valence-electron chi connectivity index (χ4n) is 1.55. The van der Waals surface area contributed by atoms with Crippen LogP contribution in [-0.2, 0) is 0 Å². The molecule has 0 atom stereocenters. The van der Waals surface area contributed by atoms with Gasteiger partial charge in [0.1, 0.15) is 5.75 Å². The van der Waals surface area contributed by atoms with Gasteiger partial charge in [-0.1, -0.05) is 0 Å². The van der Waals surface area contributed by atoms with E-state index in [1.54, 1.807) is 7.11 Å². The summed E-state index contributed by atoms with van der Waals surface area (Å²) in [5, 5.41) is 0. The number of hydrogen-bond donors (Lipinski definition) is 1. The molecule has 0 aliphatic heterocycles. The molecule has 2 nitrogen and oxygen atoms in total. The van der Waals surface area contributed by atoms with Gasteiger partial charge >= 0.3 is 0 Å². The molecule has 0 radical (unpaired) electrons. The Morgan fingerprint density at radius 1 is 1.33 bits per heavy atom. The summed E-state index contributed by atoms with van der Waals surface area (Å²) in [6, 6.07) is 3.79. The molecule has 0 bridgehead atoms. The smallest absolute Gasteiger partial charge is 0.163 e. The number of aryl methyl sites for hydroxylation is 2. The van der Waals surface area contributed by atoms with Gasteiger partial charge in [0.2, 0.25) is 0 Å². The van der Waals surface area contributed by atoms with Crippen molar-refractivity contribution < 1.29 is 9.53 Å². The molecule has 1 rings (SSSR count). The van der Waals surface area contributed by atoms with Gasteiger partial charge in [0.05, 0.1) is 7.11 Å². The summed E-state index contributed by atoms with van der Waals surface area (Å²) >= 11 is 4.06. The summed E-state index contributed by atoms with van der Waals surface area (Å²) in [4.78, 5) is 11.7. The zero-order chi connectivity index (χ0) is 11.4. The van der Waals surface area contributed by atoms with Crippen LogP contribution < -0.4 is 4.74 Å². The van der Waals surface area contributed by atoms with Crippen LogP contribution in [0, 0.1) is 13.8 Å². The van der Waals surface area contributed by atoms with E-state index in [1.165, 1.54) is 0 Å². The lowest BCUT2D eigenvalue weighted by Gasteiger charge is -2.10. The largest absolute Gasteiger partial charge is 0.496 e. The second-order valence-electron chi connectivity index (χ2n) is 3.53. The minimum atomic E-state index is 0.147. The van der Waals surface area contributed by atoms with E-state index in [9.17, 15) is 4.79 Å². The van der Waals surface area contributed by atoms with E-state index < -0.39 is 0 Å². The van der Waals surface area contributed by atoms with Crippen molar-refractivity contribution in [2.24, 2.45) is 0 Å². The van der Waals surface area contributed by atoms with Crippen molar-refractivity contribution in [1.82, 2.24) is 0 Å². The van der Waals surface area contributed by atoms with Crippen molar-refractivity contribution in [3.8, 4) is 5.75 Å². The van der Waals surface area contributed by atoms with E-state index in [2.05, 4.69) is 12.6 Å². The van der Waals surface area contributed by atoms with E-state index in [-0.39, 0.29) is 5.78 Å². The summed E-state index contributed by atoms with van der Waals surface area (Å²) in [7, 11) is 1.64. The topological polar surface area (TPSA) is 26.3 Å². The lowest BCUT2D eigenvalue weighted by atomic mass is 10.00. The van der Waals surface area contributed by atoms with Crippen molar-refractivity contribution in [3.63, 3.8) is 0 Å². The van der Waals surface area contributed by atoms with Crippen LogP contribution in [0.1, 0.15) is 27.9 Å². The molecule has 0 aromatic heterocycles. The molecular weight excluding hydrogens is 208 g/mol. The van der Waals surface area contributed by atoms with Crippen LogP contribution in [0.25, 0.3) is 0 Å². The lowest BCUT2D eigenvalue weighted by molar-refractivity contribution is 0.0989. The Hall–Kier alpha value is -0.960. The number of hydrogen-bond acceptors (Lipinski definition) is 3. The molecule has 0 unspecified atom stereocenters. The number of carbonyl (C=O) groups is 1. The molecule has 0 heterocycles. The van der Waals surface area contributed by atoms with Gasteiger partial charge in [0, 0.05) is 12.0 Å². The number of rotatable bonds is 4. The van der Waals surface area contributed by atoms with Gasteiger partial charge in [-0.25, -0.2) is 0 Å². The maximum absolute atomic E-state index is 11.7. The lowest BCUT2D eigenvalue weighted by Crippen LogP contribution is -2.04. The minimum Gasteiger partial charge on any atom is -0.496 e. The average molecular weight is 224 g/mol. The number of thiol groups is 1. The molecule has 0 aliphatic rings. The summed E-state index contributed by atoms with van der Waals surface area (Å²) in [6.45, 7) is 3.86. The molecule has 0 saturated carbocycles. The zero-order valence-electron chi connectivity index (χ0n) is 9.33. The maximum atomic E-state index is 11.7. The first-order valence-electron chi connectivity index (χ1n) is 4.89. The molecule has 15 heavy (non-hydrogen) atoms. The normalized spacial score (nSPS) is 10.1. The molecule has 82 valence electrons. The monoisotopic (exact) mass is 224 g/mol. The van der Waals surface area contributed by atoms with Crippen molar-refractivity contribution in [2.45, 2.75) is 20.3 Å². The first-order valence-corrected chi connectivity index (χ1v) is 5.52. The van der Waals surface area contributed by atoms with Crippen LogP contribution in [0.4, 0.5) is 0 Å². The SMILES string of the molecule is COc1cc(C)c(C(=O)CCS)cc1C. The van der Waals surface area contributed by atoms with Crippen LogP contribution in [0.15, 0.2) is 12.1 Å². The third-order valence-corrected chi connectivity index (χ3v) is 2.60. The number of methoxy groups -OCH3 is 1. The van der Waals surface area contributed by atoms with Crippen molar-refractivity contribution in [3.05, 3.63) is 28.8 Å². The van der Waals surface area contributed by atoms with Gasteiger partial charge in [-0.3, -0.25) is 4.79 Å². The molecule has 0 fully saturated rings.